The molecule has 0 amide bonds. The molecule has 3 N–H and O–H groups in total. The zero-order valence-electron chi connectivity index (χ0n) is 9.70. The second-order valence-electron chi connectivity index (χ2n) is 4.53. The summed E-state index contributed by atoms with van der Waals surface area (Å²) < 4.78 is 12.9. The molecule has 1 aromatic heterocycles. The van der Waals surface area contributed by atoms with E-state index < -0.39 is 17.2 Å². The predicted octanol–water partition coefficient (Wildman–Crippen LogP) is 1.35. The number of pyridine rings is 1. The van der Waals surface area contributed by atoms with E-state index in [-0.39, 0.29) is 18.0 Å². The zero-order chi connectivity index (χ0) is 13.1. The van der Waals surface area contributed by atoms with E-state index in [0.717, 1.165) is 12.3 Å². The molecule has 0 aliphatic carbocycles. The number of aliphatic hydroxyl groups excluding tert-OH is 1. The normalized spacial score (nSPS) is 11.3. The highest BCUT2D eigenvalue weighted by molar-refractivity contribution is 5.93. The van der Waals surface area contributed by atoms with Gasteiger partial charge in [-0.2, -0.15) is 0 Å². The smallest absolute Gasteiger partial charge is 0.339 e. The summed E-state index contributed by atoms with van der Waals surface area (Å²) in [4.78, 5) is 14.6. The minimum Gasteiger partial charge on any atom is -0.478 e. The molecule has 5 nitrogen and oxygen atoms in total. The molecule has 0 saturated heterocycles. The number of aliphatic hydroxyl groups is 1. The lowest BCUT2D eigenvalue weighted by atomic mass is 9.95. The first kappa shape index (κ1) is 13.4. The summed E-state index contributed by atoms with van der Waals surface area (Å²) >= 11 is 0. The van der Waals surface area contributed by atoms with Gasteiger partial charge in [0.15, 0.2) is 0 Å². The van der Waals surface area contributed by atoms with Crippen molar-refractivity contribution in [3.8, 4) is 0 Å². The fourth-order valence-electron chi connectivity index (χ4n) is 1.12. The van der Waals surface area contributed by atoms with Crippen molar-refractivity contribution in [2.75, 3.05) is 18.5 Å². The van der Waals surface area contributed by atoms with Gasteiger partial charge in [-0.25, -0.2) is 14.2 Å². The van der Waals surface area contributed by atoms with Crippen LogP contribution in [0.4, 0.5) is 10.2 Å². The molecular formula is C11H15FN2O3. The lowest BCUT2D eigenvalue weighted by Gasteiger charge is -2.22. The number of halogens is 1. The Morgan fingerprint density at radius 3 is 2.76 bits per heavy atom. The molecule has 0 atom stereocenters. The van der Waals surface area contributed by atoms with E-state index in [0.29, 0.717) is 6.54 Å². The Labute approximate surface area is 98.3 Å². The molecule has 0 unspecified atom stereocenters. The third-order valence-electron chi connectivity index (χ3n) is 2.25. The van der Waals surface area contributed by atoms with Crippen LogP contribution in [0.2, 0.25) is 0 Å². The maximum absolute atomic E-state index is 12.9. The maximum Gasteiger partial charge on any atom is 0.339 e. The lowest BCUT2D eigenvalue weighted by molar-refractivity contribution is 0.0697. The molecule has 0 spiro atoms. The van der Waals surface area contributed by atoms with Crippen molar-refractivity contribution in [2.45, 2.75) is 13.8 Å². The van der Waals surface area contributed by atoms with Gasteiger partial charge in [-0.05, 0) is 6.07 Å². The van der Waals surface area contributed by atoms with Gasteiger partial charge in [0, 0.05) is 18.6 Å². The number of aromatic carboxylic acids is 1. The molecule has 0 aromatic carbocycles. The highest BCUT2D eigenvalue weighted by Gasteiger charge is 2.19. The molecule has 0 bridgehead atoms. The van der Waals surface area contributed by atoms with E-state index in [1.54, 1.807) is 0 Å². The van der Waals surface area contributed by atoms with E-state index >= 15 is 0 Å². The molecule has 94 valence electrons. The molecule has 0 saturated carbocycles. The van der Waals surface area contributed by atoms with Gasteiger partial charge in [0.25, 0.3) is 0 Å². The van der Waals surface area contributed by atoms with E-state index in [9.17, 15) is 9.18 Å². The SMILES string of the molecule is CC(C)(CO)CNc1ncc(F)cc1C(=O)O. The average molecular weight is 242 g/mol. The number of nitrogens with one attached hydrogen (secondary N) is 1. The van der Waals surface area contributed by atoms with Crippen LogP contribution in [0.15, 0.2) is 12.3 Å². The van der Waals surface area contributed by atoms with Gasteiger partial charge in [-0.1, -0.05) is 13.8 Å². The van der Waals surface area contributed by atoms with E-state index in [1.165, 1.54) is 0 Å². The van der Waals surface area contributed by atoms with Crippen LogP contribution in [0.25, 0.3) is 0 Å². The van der Waals surface area contributed by atoms with Crippen molar-refractivity contribution >= 4 is 11.8 Å². The first-order valence-electron chi connectivity index (χ1n) is 5.09. The van der Waals surface area contributed by atoms with Crippen molar-refractivity contribution in [1.82, 2.24) is 4.98 Å². The van der Waals surface area contributed by atoms with E-state index in [4.69, 9.17) is 10.2 Å². The maximum atomic E-state index is 12.9. The van der Waals surface area contributed by atoms with Gasteiger partial charge < -0.3 is 15.5 Å². The molecule has 0 fully saturated rings. The molecule has 1 rings (SSSR count). The van der Waals surface area contributed by atoms with Crippen LogP contribution in [0.5, 0.6) is 0 Å². The number of hydrogen-bond donors (Lipinski definition) is 3. The van der Waals surface area contributed by atoms with Crippen LogP contribution in [-0.4, -0.2) is 34.3 Å². The Balaban J connectivity index is 2.88. The highest BCUT2D eigenvalue weighted by atomic mass is 19.1. The lowest BCUT2D eigenvalue weighted by Crippen LogP contribution is -2.27. The summed E-state index contributed by atoms with van der Waals surface area (Å²) in [5.74, 6) is -1.85. The Morgan fingerprint density at radius 2 is 2.24 bits per heavy atom. The first-order valence-corrected chi connectivity index (χ1v) is 5.09. The van der Waals surface area contributed by atoms with Crippen molar-refractivity contribution < 1.29 is 19.4 Å². The summed E-state index contributed by atoms with van der Waals surface area (Å²) in [5, 5.41) is 20.7. The number of carbonyl (C=O) groups is 1. The van der Waals surface area contributed by atoms with Gasteiger partial charge in [0.2, 0.25) is 0 Å². The summed E-state index contributed by atoms with van der Waals surface area (Å²) in [5.41, 5.74) is -0.634. The van der Waals surface area contributed by atoms with Gasteiger partial charge in [0.05, 0.1) is 6.20 Å². The van der Waals surface area contributed by atoms with Gasteiger partial charge >= 0.3 is 5.97 Å². The fraction of sp³-hybridized carbons (Fsp3) is 0.455. The van der Waals surface area contributed by atoms with Crippen LogP contribution in [0.3, 0.4) is 0 Å². The summed E-state index contributed by atoms with van der Waals surface area (Å²) in [6, 6.07) is 0.906. The molecular weight excluding hydrogens is 227 g/mol. The average Bonchev–Trinajstić information content (AvgIpc) is 2.27. The number of carboxylic acid groups (broad SMARTS) is 1. The quantitative estimate of drug-likeness (QED) is 0.726. The van der Waals surface area contributed by atoms with Crippen LogP contribution < -0.4 is 5.32 Å². The summed E-state index contributed by atoms with van der Waals surface area (Å²) in [7, 11) is 0. The number of anilines is 1. The Kier molecular flexibility index (Phi) is 4.01. The molecule has 1 aromatic rings. The third kappa shape index (κ3) is 3.67. The number of hydrogen-bond acceptors (Lipinski definition) is 4. The first-order chi connectivity index (χ1) is 7.85. The number of carboxylic acids is 1. The van der Waals surface area contributed by atoms with Crippen molar-refractivity contribution in [3.63, 3.8) is 0 Å². The second-order valence-corrected chi connectivity index (χ2v) is 4.53. The van der Waals surface area contributed by atoms with Crippen molar-refractivity contribution in [2.24, 2.45) is 5.41 Å². The largest absolute Gasteiger partial charge is 0.478 e. The molecule has 17 heavy (non-hydrogen) atoms. The van der Waals surface area contributed by atoms with Crippen LogP contribution in [-0.2, 0) is 0 Å². The van der Waals surface area contributed by atoms with E-state index in [1.807, 2.05) is 13.8 Å². The molecule has 0 aliphatic rings. The number of nitrogens with zero attached hydrogens (tertiary/aromatic N) is 1. The predicted molar refractivity (Wildman–Crippen MR) is 60.5 cm³/mol. The zero-order valence-corrected chi connectivity index (χ0v) is 9.70. The van der Waals surface area contributed by atoms with Crippen molar-refractivity contribution in [3.05, 3.63) is 23.6 Å². The van der Waals surface area contributed by atoms with Crippen LogP contribution in [0, 0.1) is 11.2 Å². The standard InChI is InChI=1S/C11H15FN2O3/c1-11(2,6-15)5-14-9-8(10(16)17)3-7(12)4-13-9/h3-4,15H,5-6H2,1-2H3,(H,13,14)(H,16,17). The minimum absolute atomic E-state index is 0.0520. The molecule has 1 heterocycles. The van der Waals surface area contributed by atoms with Crippen LogP contribution in [0.1, 0.15) is 24.2 Å². The monoisotopic (exact) mass is 242 g/mol. The number of rotatable bonds is 5. The van der Waals surface area contributed by atoms with Crippen LogP contribution >= 0.6 is 0 Å². The van der Waals surface area contributed by atoms with Gasteiger partial charge in [0.1, 0.15) is 17.2 Å². The topological polar surface area (TPSA) is 82.5 Å². The number of aromatic nitrogens is 1. The van der Waals surface area contributed by atoms with E-state index in [2.05, 4.69) is 10.3 Å². The minimum atomic E-state index is -1.25. The Morgan fingerprint density at radius 1 is 1.59 bits per heavy atom. The second kappa shape index (κ2) is 5.09. The van der Waals surface area contributed by atoms with Crippen molar-refractivity contribution in [1.29, 1.82) is 0 Å². The molecule has 6 heteroatoms. The summed E-state index contributed by atoms with van der Waals surface area (Å²) in [6.45, 7) is 3.90. The van der Waals surface area contributed by atoms with Gasteiger partial charge in [-0.3, -0.25) is 0 Å². The highest BCUT2D eigenvalue weighted by Crippen LogP contribution is 2.18. The molecule has 0 aliphatic heterocycles. The van der Waals surface area contributed by atoms with Gasteiger partial charge in [-0.15, -0.1) is 0 Å². The molecule has 0 radical (unpaired) electrons. The summed E-state index contributed by atoms with van der Waals surface area (Å²) in [6.07, 6.45) is 0.945. The fourth-order valence-corrected chi connectivity index (χ4v) is 1.12. The third-order valence-corrected chi connectivity index (χ3v) is 2.25. The Hall–Kier alpha value is -1.69. The Bertz CT molecular complexity index is 421.